The van der Waals surface area contributed by atoms with Gasteiger partial charge in [-0.1, -0.05) is 46.7 Å². The maximum atomic E-state index is 11.9. The third kappa shape index (κ3) is 5.56. The number of ether oxygens (including phenoxy) is 1. The van der Waals surface area contributed by atoms with Crippen LogP contribution >= 0.6 is 34.5 Å². The third-order valence-corrected chi connectivity index (χ3v) is 4.49. The summed E-state index contributed by atoms with van der Waals surface area (Å²) in [7, 11) is 0. The molecule has 0 saturated carbocycles. The number of hydrogen-bond acceptors (Lipinski definition) is 5. The average molecular weight is 406 g/mol. The van der Waals surface area contributed by atoms with Gasteiger partial charge in [0.2, 0.25) is 11.0 Å². The zero-order chi connectivity index (χ0) is 18.4. The molecule has 0 radical (unpaired) electrons. The molecule has 132 valence electrons. The first-order valence-corrected chi connectivity index (χ1v) is 9.11. The maximum absolute atomic E-state index is 11.9. The summed E-state index contributed by atoms with van der Waals surface area (Å²) >= 11 is 12.9. The van der Waals surface area contributed by atoms with Crippen LogP contribution in [0.1, 0.15) is 10.6 Å². The van der Waals surface area contributed by atoms with Crippen LogP contribution in [0.3, 0.4) is 0 Å². The number of aromatic nitrogens is 2. The van der Waals surface area contributed by atoms with Crippen molar-refractivity contribution in [1.29, 1.82) is 0 Å². The molecule has 3 aromatic rings. The predicted molar refractivity (Wildman–Crippen MR) is 105 cm³/mol. The van der Waals surface area contributed by atoms with E-state index in [1.165, 1.54) is 17.4 Å². The van der Waals surface area contributed by atoms with Crippen LogP contribution in [0, 0.1) is 0 Å². The van der Waals surface area contributed by atoms with Gasteiger partial charge in [0.15, 0.2) is 5.01 Å². The van der Waals surface area contributed by atoms with Crippen molar-refractivity contribution < 1.29 is 9.53 Å². The Hall–Kier alpha value is -2.41. The number of carbonyl (C=O) groups is 1. The van der Waals surface area contributed by atoms with E-state index in [0.29, 0.717) is 25.9 Å². The molecule has 2 aromatic carbocycles. The van der Waals surface area contributed by atoms with E-state index >= 15 is 0 Å². The summed E-state index contributed by atoms with van der Waals surface area (Å²) in [5, 5.41) is 12.9. The highest BCUT2D eigenvalue weighted by Gasteiger charge is 2.07. The quantitative estimate of drug-likeness (QED) is 0.580. The number of benzene rings is 2. The largest absolute Gasteiger partial charge is 0.486 e. The Morgan fingerprint density at radius 1 is 1.04 bits per heavy atom. The minimum Gasteiger partial charge on any atom is -0.486 e. The maximum Gasteiger partial charge on any atom is 0.250 e. The lowest BCUT2D eigenvalue weighted by atomic mass is 10.2. The molecule has 0 spiro atoms. The monoisotopic (exact) mass is 405 g/mol. The van der Waals surface area contributed by atoms with Crippen LogP contribution in [-0.2, 0) is 11.4 Å². The summed E-state index contributed by atoms with van der Waals surface area (Å²) in [6.45, 7) is 0.260. The Morgan fingerprint density at radius 2 is 1.69 bits per heavy atom. The molecule has 1 amide bonds. The lowest BCUT2D eigenvalue weighted by molar-refractivity contribution is -0.111. The van der Waals surface area contributed by atoms with E-state index in [4.69, 9.17) is 27.9 Å². The van der Waals surface area contributed by atoms with E-state index in [-0.39, 0.29) is 12.5 Å². The van der Waals surface area contributed by atoms with E-state index < -0.39 is 0 Å². The van der Waals surface area contributed by atoms with Crippen LogP contribution in [0.2, 0.25) is 10.0 Å². The van der Waals surface area contributed by atoms with Crippen molar-refractivity contribution >= 4 is 51.7 Å². The number of halogens is 2. The summed E-state index contributed by atoms with van der Waals surface area (Å²) in [5.41, 5.74) is 0.874. The first kappa shape index (κ1) is 18.4. The van der Waals surface area contributed by atoms with Gasteiger partial charge >= 0.3 is 0 Å². The fraction of sp³-hybridized carbons (Fsp3) is 0.0556. The minimum atomic E-state index is -0.290. The van der Waals surface area contributed by atoms with Crippen molar-refractivity contribution in [2.45, 2.75) is 6.61 Å². The van der Waals surface area contributed by atoms with E-state index in [1.807, 2.05) is 12.1 Å². The van der Waals surface area contributed by atoms with Crippen LogP contribution in [-0.4, -0.2) is 16.1 Å². The Balaban J connectivity index is 1.51. The summed E-state index contributed by atoms with van der Waals surface area (Å²) in [4.78, 5) is 11.9. The van der Waals surface area contributed by atoms with Crippen LogP contribution < -0.4 is 10.1 Å². The lowest BCUT2D eigenvalue weighted by Gasteiger charge is -2.02. The second-order valence-electron chi connectivity index (χ2n) is 5.12. The van der Waals surface area contributed by atoms with Crippen molar-refractivity contribution in [3.63, 3.8) is 0 Å². The third-order valence-electron chi connectivity index (χ3n) is 3.17. The Labute approximate surface area is 164 Å². The summed E-state index contributed by atoms with van der Waals surface area (Å²) in [6.07, 6.45) is 3.12. The van der Waals surface area contributed by atoms with Crippen LogP contribution in [0.25, 0.3) is 6.08 Å². The van der Waals surface area contributed by atoms with Crippen molar-refractivity contribution in [1.82, 2.24) is 10.2 Å². The van der Waals surface area contributed by atoms with Gasteiger partial charge in [-0.05, 0) is 48.0 Å². The molecule has 26 heavy (non-hydrogen) atoms. The smallest absolute Gasteiger partial charge is 0.250 e. The standard InChI is InChI=1S/C18H13Cl2N3O2S/c19-13-4-1-12(2-5-13)3-10-16(24)21-18-23-22-17(26-18)11-25-15-8-6-14(20)7-9-15/h1-10H,11H2,(H,21,23,24)/b10-3+. The van der Waals surface area contributed by atoms with Gasteiger partial charge in [0.05, 0.1) is 0 Å². The fourth-order valence-corrected chi connectivity index (χ4v) is 2.84. The highest BCUT2D eigenvalue weighted by molar-refractivity contribution is 7.15. The van der Waals surface area contributed by atoms with Gasteiger partial charge in [0.1, 0.15) is 12.4 Å². The Morgan fingerprint density at radius 3 is 2.38 bits per heavy atom. The summed E-state index contributed by atoms with van der Waals surface area (Å²) < 4.78 is 5.59. The zero-order valence-electron chi connectivity index (χ0n) is 13.4. The molecule has 1 aromatic heterocycles. The van der Waals surface area contributed by atoms with Crippen molar-refractivity contribution in [3.8, 4) is 5.75 Å². The Kier molecular flexibility index (Phi) is 6.22. The molecular weight excluding hydrogens is 393 g/mol. The summed E-state index contributed by atoms with van der Waals surface area (Å²) in [5.74, 6) is 0.391. The number of rotatable bonds is 6. The minimum absolute atomic E-state index is 0.260. The zero-order valence-corrected chi connectivity index (χ0v) is 15.7. The molecule has 8 heteroatoms. The molecule has 0 saturated heterocycles. The molecule has 0 unspecified atom stereocenters. The highest BCUT2D eigenvalue weighted by Crippen LogP contribution is 2.20. The van der Waals surface area contributed by atoms with Crippen LogP contribution in [0.4, 0.5) is 5.13 Å². The Bertz CT molecular complexity index is 909. The van der Waals surface area contributed by atoms with Crippen molar-refractivity contribution in [2.75, 3.05) is 5.32 Å². The molecule has 5 nitrogen and oxygen atoms in total. The second kappa shape index (κ2) is 8.80. The molecule has 0 bridgehead atoms. The molecule has 0 aliphatic rings. The molecule has 3 rings (SSSR count). The van der Waals surface area contributed by atoms with Gasteiger partial charge in [-0.15, -0.1) is 10.2 Å². The van der Waals surface area contributed by atoms with Crippen LogP contribution in [0.15, 0.2) is 54.6 Å². The van der Waals surface area contributed by atoms with Gasteiger partial charge in [-0.3, -0.25) is 10.1 Å². The molecule has 0 atom stereocenters. The normalized spacial score (nSPS) is 10.8. The topological polar surface area (TPSA) is 64.1 Å². The number of nitrogens with zero attached hydrogens (tertiary/aromatic N) is 2. The van der Waals surface area contributed by atoms with Gasteiger partial charge in [0.25, 0.3) is 0 Å². The molecule has 1 heterocycles. The van der Waals surface area contributed by atoms with Gasteiger partial charge in [0, 0.05) is 16.1 Å². The SMILES string of the molecule is O=C(/C=C/c1ccc(Cl)cc1)Nc1nnc(COc2ccc(Cl)cc2)s1. The molecular formula is C18H13Cl2N3O2S. The second-order valence-corrected chi connectivity index (χ2v) is 7.05. The van der Waals surface area contributed by atoms with Crippen molar-refractivity contribution in [3.05, 3.63) is 75.2 Å². The molecule has 1 N–H and O–H groups in total. The van der Waals surface area contributed by atoms with Gasteiger partial charge in [-0.2, -0.15) is 0 Å². The number of anilines is 1. The fourth-order valence-electron chi connectivity index (χ4n) is 1.93. The number of hydrogen-bond donors (Lipinski definition) is 1. The molecule has 0 aliphatic heterocycles. The number of carbonyl (C=O) groups excluding carboxylic acids is 1. The predicted octanol–water partition coefficient (Wildman–Crippen LogP) is 5.08. The molecule has 0 aliphatic carbocycles. The van der Waals surface area contributed by atoms with E-state index in [2.05, 4.69) is 15.5 Å². The van der Waals surface area contributed by atoms with E-state index in [0.717, 1.165) is 5.56 Å². The van der Waals surface area contributed by atoms with Gasteiger partial charge < -0.3 is 4.74 Å². The van der Waals surface area contributed by atoms with E-state index in [9.17, 15) is 4.79 Å². The van der Waals surface area contributed by atoms with Gasteiger partial charge in [-0.25, -0.2) is 0 Å². The summed E-state index contributed by atoms with van der Waals surface area (Å²) in [6, 6.07) is 14.2. The van der Waals surface area contributed by atoms with Crippen LogP contribution in [0.5, 0.6) is 5.75 Å². The van der Waals surface area contributed by atoms with E-state index in [1.54, 1.807) is 42.5 Å². The number of amides is 1. The molecule has 0 fully saturated rings. The first-order valence-electron chi connectivity index (χ1n) is 7.54. The first-order chi connectivity index (χ1) is 12.6. The number of nitrogens with one attached hydrogen (secondary N) is 1. The highest BCUT2D eigenvalue weighted by atomic mass is 35.5. The van der Waals surface area contributed by atoms with Crippen molar-refractivity contribution in [2.24, 2.45) is 0 Å². The lowest BCUT2D eigenvalue weighted by Crippen LogP contribution is -2.07. The average Bonchev–Trinajstić information content (AvgIpc) is 3.08.